The van der Waals surface area contributed by atoms with Crippen LogP contribution in [0.3, 0.4) is 0 Å². The van der Waals surface area contributed by atoms with Crippen LogP contribution in [0.25, 0.3) is 16.9 Å². The van der Waals surface area contributed by atoms with E-state index in [1.165, 1.54) is 11.3 Å². The first-order valence-electron chi connectivity index (χ1n) is 9.97. The van der Waals surface area contributed by atoms with Crippen molar-refractivity contribution in [1.29, 1.82) is 0 Å². The minimum atomic E-state index is -0.162. The average molecular weight is 431 g/mol. The molecule has 0 aliphatic heterocycles. The molecule has 0 saturated carbocycles. The molecule has 7 heteroatoms. The number of rotatable bonds is 8. The largest absolute Gasteiger partial charge is 0.352 e. The fourth-order valence-electron chi connectivity index (χ4n) is 3.16. The van der Waals surface area contributed by atoms with Crippen molar-refractivity contribution < 1.29 is 9.59 Å². The molecule has 4 rings (SSSR count). The van der Waals surface area contributed by atoms with Crippen LogP contribution in [0.15, 0.2) is 83.7 Å². The first-order valence-corrected chi connectivity index (χ1v) is 10.9. The third-order valence-electron chi connectivity index (χ3n) is 4.75. The quantitative estimate of drug-likeness (QED) is 0.443. The number of para-hydroxylation sites is 1. The maximum atomic E-state index is 12.3. The van der Waals surface area contributed by atoms with Crippen molar-refractivity contribution in [3.05, 3.63) is 94.8 Å². The van der Waals surface area contributed by atoms with Gasteiger partial charge in [0.2, 0.25) is 5.91 Å². The summed E-state index contributed by atoms with van der Waals surface area (Å²) in [6.45, 7) is 0.643. The average Bonchev–Trinajstić information content (AvgIpc) is 3.49. The molecule has 2 N–H and O–H groups in total. The summed E-state index contributed by atoms with van der Waals surface area (Å²) in [5.74, 6) is -0.290. The smallest absolute Gasteiger partial charge is 0.252 e. The molecule has 0 spiro atoms. The van der Waals surface area contributed by atoms with Crippen molar-refractivity contribution >= 4 is 23.2 Å². The lowest BCUT2D eigenvalue weighted by Gasteiger charge is -2.07. The lowest BCUT2D eigenvalue weighted by atomic mass is 10.1. The van der Waals surface area contributed by atoms with E-state index in [2.05, 4.69) is 10.6 Å². The number of nitrogens with zero attached hydrogens (tertiary/aromatic N) is 2. The molecule has 0 fully saturated rings. The summed E-state index contributed by atoms with van der Waals surface area (Å²) >= 11 is 1.47. The van der Waals surface area contributed by atoms with Crippen molar-refractivity contribution in [1.82, 2.24) is 20.4 Å². The third-order valence-corrected chi connectivity index (χ3v) is 5.44. The molecule has 0 bridgehead atoms. The zero-order chi connectivity index (χ0) is 21.5. The predicted molar refractivity (Wildman–Crippen MR) is 122 cm³/mol. The van der Waals surface area contributed by atoms with E-state index in [0.717, 1.165) is 22.5 Å². The van der Waals surface area contributed by atoms with Gasteiger partial charge in [0.05, 0.1) is 11.4 Å². The highest BCUT2D eigenvalue weighted by Crippen LogP contribution is 2.23. The van der Waals surface area contributed by atoms with Gasteiger partial charge in [-0.2, -0.15) is 16.4 Å². The monoisotopic (exact) mass is 430 g/mol. The van der Waals surface area contributed by atoms with Crippen LogP contribution in [-0.2, 0) is 11.3 Å². The summed E-state index contributed by atoms with van der Waals surface area (Å²) in [7, 11) is 0. The summed E-state index contributed by atoms with van der Waals surface area (Å²) < 4.78 is 1.82. The van der Waals surface area contributed by atoms with Gasteiger partial charge in [0, 0.05) is 47.8 Å². The Morgan fingerprint density at radius 2 is 1.68 bits per heavy atom. The van der Waals surface area contributed by atoms with E-state index in [9.17, 15) is 9.59 Å². The van der Waals surface area contributed by atoms with Gasteiger partial charge in [-0.3, -0.25) is 9.59 Å². The number of hydrogen-bond acceptors (Lipinski definition) is 4. The van der Waals surface area contributed by atoms with E-state index in [0.29, 0.717) is 12.1 Å². The molecule has 2 amide bonds. The van der Waals surface area contributed by atoms with E-state index in [4.69, 9.17) is 5.10 Å². The lowest BCUT2D eigenvalue weighted by molar-refractivity contribution is -0.121. The van der Waals surface area contributed by atoms with E-state index in [-0.39, 0.29) is 24.8 Å². The molecular weight excluding hydrogens is 408 g/mol. The van der Waals surface area contributed by atoms with Gasteiger partial charge >= 0.3 is 0 Å². The van der Waals surface area contributed by atoms with Crippen LogP contribution >= 0.6 is 11.3 Å². The molecule has 2 aromatic carbocycles. The van der Waals surface area contributed by atoms with Crippen LogP contribution in [-0.4, -0.2) is 28.1 Å². The summed E-state index contributed by atoms with van der Waals surface area (Å²) in [6.07, 6.45) is 2.15. The maximum absolute atomic E-state index is 12.3. The molecule has 4 aromatic rings. The Bertz CT molecular complexity index is 1140. The first kappa shape index (κ1) is 20.6. The fourth-order valence-corrected chi connectivity index (χ4v) is 3.79. The number of benzene rings is 2. The second-order valence-corrected chi connectivity index (χ2v) is 7.72. The van der Waals surface area contributed by atoms with Crippen LogP contribution in [0.5, 0.6) is 0 Å². The van der Waals surface area contributed by atoms with E-state index < -0.39 is 0 Å². The predicted octanol–water partition coefficient (Wildman–Crippen LogP) is 4.04. The fraction of sp³-hybridized carbons (Fsp3) is 0.125. The minimum Gasteiger partial charge on any atom is -0.352 e. The lowest BCUT2D eigenvalue weighted by Crippen LogP contribution is -2.30. The van der Waals surface area contributed by atoms with Crippen molar-refractivity contribution in [2.24, 2.45) is 0 Å². The Kier molecular flexibility index (Phi) is 6.54. The van der Waals surface area contributed by atoms with Crippen LogP contribution in [0.2, 0.25) is 0 Å². The number of amides is 2. The van der Waals surface area contributed by atoms with Crippen molar-refractivity contribution in [3.8, 4) is 16.9 Å². The molecular formula is C24H22N4O2S. The van der Waals surface area contributed by atoms with E-state index in [1.807, 2.05) is 76.9 Å². The second-order valence-electron chi connectivity index (χ2n) is 6.94. The number of carbonyl (C=O) groups excluding carboxylic acids is 2. The zero-order valence-corrected chi connectivity index (χ0v) is 17.6. The van der Waals surface area contributed by atoms with Crippen molar-refractivity contribution in [2.45, 2.75) is 13.0 Å². The third kappa shape index (κ3) is 5.26. The maximum Gasteiger partial charge on any atom is 0.252 e. The molecule has 0 atom stereocenters. The Balaban J connectivity index is 1.40. The zero-order valence-electron chi connectivity index (χ0n) is 16.8. The van der Waals surface area contributed by atoms with Gasteiger partial charge in [-0.15, -0.1) is 0 Å². The molecule has 2 heterocycles. The Morgan fingerprint density at radius 3 is 2.39 bits per heavy atom. The molecule has 31 heavy (non-hydrogen) atoms. The highest BCUT2D eigenvalue weighted by atomic mass is 32.1. The SMILES string of the molecule is O=C(CCNC(=O)c1ccsc1)NCc1cn(-c2ccccc2)nc1-c1ccccc1. The van der Waals surface area contributed by atoms with Crippen LogP contribution in [0.4, 0.5) is 0 Å². The van der Waals surface area contributed by atoms with Gasteiger partial charge < -0.3 is 10.6 Å². The number of nitrogens with one attached hydrogen (secondary N) is 2. The molecule has 0 unspecified atom stereocenters. The number of hydrogen-bond donors (Lipinski definition) is 2. The van der Waals surface area contributed by atoms with Gasteiger partial charge in [-0.1, -0.05) is 48.5 Å². The normalized spacial score (nSPS) is 10.6. The van der Waals surface area contributed by atoms with Gasteiger partial charge in [-0.25, -0.2) is 4.68 Å². The van der Waals surface area contributed by atoms with Crippen LogP contribution in [0, 0.1) is 0 Å². The Hall–Kier alpha value is -3.71. The number of thiophene rings is 1. The van der Waals surface area contributed by atoms with Gasteiger partial charge in [0.25, 0.3) is 5.91 Å². The second kappa shape index (κ2) is 9.86. The Morgan fingerprint density at radius 1 is 0.935 bits per heavy atom. The highest BCUT2D eigenvalue weighted by Gasteiger charge is 2.13. The molecule has 156 valence electrons. The standard InChI is InChI=1S/C24H22N4O2S/c29-22(11-13-25-24(30)19-12-14-31-17-19)26-15-20-16-28(21-9-5-2-6-10-21)27-23(20)18-7-3-1-4-8-18/h1-10,12,14,16-17H,11,13,15H2,(H,25,30)(H,26,29). The number of aromatic nitrogens is 2. The molecule has 6 nitrogen and oxygen atoms in total. The van der Waals surface area contributed by atoms with Gasteiger partial charge in [-0.05, 0) is 23.6 Å². The van der Waals surface area contributed by atoms with Crippen molar-refractivity contribution in [3.63, 3.8) is 0 Å². The number of carbonyl (C=O) groups is 2. The van der Waals surface area contributed by atoms with Crippen molar-refractivity contribution in [2.75, 3.05) is 6.54 Å². The molecule has 0 aliphatic rings. The van der Waals surface area contributed by atoms with E-state index in [1.54, 1.807) is 11.4 Å². The minimum absolute atomic E-state index is 0.128. The first-order chi connectivity index (χ1) is 15.2. The summed E-state index contributed by atoms with van der Waals surface area (Å²) in [6, 6.07) is 21.5. The molecule has 0 saturated heterocycles. The summed E-state index contributed by atoms with van der Waals surface area (Å²) in [4.78, 5) is 24.3. The van der Waals surface area contributed by atoms with E-state index >= 15 is 0 Å². The summed E-state index contributed by atoms with van der Waals surface area (Å²) in [5.41, 5.74) is 4.31. The van der Waals surface area contributed by atoms with Gasteiger partial charge in [0.1, 0.15) is 0 Å². The topological polar surface area (TPSA) is 76.0 Å². The Labute approximate surface area is 184 Å². The van der Waals surface area contributed by atoms with Crippen LogP contribution < -0.4 is 10.6 Å². The van der Waals surface area contributed by atoms with Crippen LogP contribution in [0.1, 0.15) is 22.3 Å². The van der Waals surface area contributed by atoms with Gasteiger partial charge in [0.15, 0.2) is 0 Å². The summed E-state index contributed by atoms with van der Waals surface area (Å²) in [5, 5.41) is 14.1. The molecule has 2 aromatic heterocycles. The molecule has 0 radical (unpaired) electrons. The molecule has 0 aliphatic carbocycles. The highest BCUT2D eigenvalue weighted by molar-refractivity contribution is 7.08.